The smallest absolute Gasteiger partial charge is 0.166 e. The molecule has 0 unspecified atom stereocenters. The van der Waals surface area contributed by atoms with E-state index in [0.717, 1.165) is 9.26 Å². The van der Waals surface area contributed by atoms with Gasteiger partial charge in [-0.3, -0.25) is 0 Å². The van der Waals surface area contributed by atoms with Crippen molar-refractivity contribution >= 4 is 40.0 Å². The number of aromatic nitrogens is 3. The van der Waals surface area contributed by atoms with E-state index < -0.39 is 0 Å². The highest BCUT2D eigenvalue weighted by Crippen LogP contribution is 2.21. The van der Waals surface area contributed by atoms with Crippen LogP contribution < -0.4 is 5.73 Å². The van der Waals surface area contributed by atoms with Crippen molar-refractivity contribution in [2.45, 2.75) is 0 Å². The van der Waals surface area contributed by atoms with Crippen molar-refractivity contribution in [3.63, 3.8) is 0 Å². The average molecular weight is 321 g/mol. The van der Waals surface area contributed by atoms with Gasteiger partial charge in [0.1, 0.15) is 0 Å². The van der Waals surface area contributed by atoms with Gasteiger partial charge < -0.3 is 5.73 Å². The number of hydrogen-bond acceptors (Lipinski definition) is 3. The van der Waals surface area contributed by atoms with E-state index in [1.54, 1.807) is 10.9 Å². The van der Waals surface area contributed by atoms with Crippen LogP contribution in [-0.2, 0) is 0 Å². The first-order chi connectivity index (χ1) is 6.66. The summed E-state index contributed by atoms with van der Waals surface area (Å²) in [4.78, 5) is 0. The van der Waals surface area contributed by atoms with Crippen molar-refractivity contribution < 1.29 is 0 Å². The zero-order valence-electron chi connectivity index (χ0n) is 6.98. The molecule has 0 atom stereocenters. The Morgan fingerprint density at radius 1 is 1.43 bits per heavy atom. The van der Waals surface area contributed by atoms with Crippen molar-refractivity contribution in [2.75, 3.05) is 5.73 Å². The molecule has 2 N–H and O–H groups in total. The van der Waals surface area contributed by atoms with Gasteiger partial charge in [-0.05, 0) is 40.8 Å². The van der Waals surface area contributed by atoms with E-state index in [1.165, 1.54) is 0 Å². The second-order valence-corrected chi connectivity index (χ2v) is 4.28. The number of nitrogens with zero attached hydrogens (tertiary/aromatic N) is 3. The first-order valence-corrected chi connectivity index (χ1v) is 5.26. The van der Waals surface area contributed by atoms with Crippen LogP contribution in [0.2, 0.25) is 5.02 Å². The molecule has 0 aliphatic carbocycles. The van der Waals surface area contributed by atoms with E-state index in [9.17, 15) is 0 Å². The van der Waals surface area contributed by atoms with E-state index in [0.29, 0.717) is 10.8 Å². The minimum atomic E-state index is 0.390. The predicted molar refractivity (Wildman–Crippen MR) is 63.5 cm³/mol. The number of anilines is 1. The molecule has 0 aliphatic heterocycles. The Morgan fingerprint density at radius 3 is 2.86 bits per heavy atom. The Morgan fingerprint density at radius 2 is 2.21 bits per heavy atom. The van der Waals surface area contributed by atoms with Gasteiger partial charge >= 0.3 is 0 Å². The van der Waals surface area contributed by atoms with E-state index in [4.69, 9.17) is 17.3 Å². The van der Waals surface area contributed by atoms with Crippen LogP contribution in [0.15, 0.2) is 24.4 Å². The molecule has 4 nitrogen and oxygen atoms in total. The van der Waals surface area contributed by atoms with Crippen LogP contribution in [-0.4, -0.2) is 15.0 Å². The van der Waals surface area contributed by atoms with Crippen LogP contribution in [0, 0.1) is 3.57 Å². The zero-order valence-corrected chi connectivity index (χ0v) is 9.90. The number of halogens is 2. The van der Waals surface area contributed by atoms with Crippen molar-refractivity contribution in [2.24, 2.45) is 0 Å². The Balaban J connectivity index is 2.55. The summed E-state index contributed by atoms with van der Waals surface area (Å²) in [6.07, 6.45) is 1.65. The van der Waals surface area contributed by atoms with E-state index >= 15 is 0 Å². The number of hydrogen-bond donors (Lipinski definition) is 1. The maximum Gasteiger partial charge on any atom is 0.166 e. The van der Waals surface area contributed by atoms with Crippen molar-refractivity contribution in [3.8, 4) is 5.69 Å². The van der Waals surface area contributed by atoms with Crippen LogP contribution in [0.1, 0.15) is 0 Å². The maximum atomic E-state index is 5.88. The normalized spacial score (nSPS) is 10.4. The SMILES string of the molecule is Nc1cn(-c2cc(Cl)ccc2I)nn1. The lowest BCUT2D eigenvalue weighted by Crippen LogP contribution is -1.97. The predicted octanol–water partition coefficient (Wildman–Crippen LogP) is 2.11. The van der Waals surface area contributed by atoms with E-state index in [-0.39, 0.29) is 0 Å². The number of benzene rings is 1. The molecule has 1 aromatic heterocycles. The fraction of sp³-hybridized carbons (Fsp3) is 0. The van der Waals surface area contributed by atoms with Gasteiger partial charge in [0, 0.05) is 8.59 Å². The monoisotopic (exact) mass is 320 g/mol. The second-order valence-electron chi connectivity index (χ2n) is 2.68. The molecule has 0 radical (unpaired) electrons. The minimum Gasteiger partial charge on any atom is -0.381 e. The number of nitrogen functional groups attached to an aromatic ring is 1. The lowest BCUT2D eigenvalue weighted by Gasteiger charge is -2.03. The first-order valence-electron chi connectivity index (χ1n) is 3.80. The molecule has 6 heteroatoms. The Hall–Kier alpha value is -0.820. The number of nitrogens with two attached hydrogens (primary N) is 1. The highest BCUT2D eigenvalue weighted by Gasteiger charge is 2.05. The first kappa shape index (κ1) is 9.72. The molecule has 14 heavy (non-hydrogen) atoms. The highest BCUT2D eigenvalue weighted by molar-refractivity contribution is 14.1. The van der Waals surface area contributed by atoms with Gasteiger partial charge in [-0.1, -0.05) is 16.8 Å². The van der Waals surface area contributed by atoms with Crippen molar-refractivity contribution in [3.05, 3.63) is 33.0 Å². The molecule has 0 spiro atoms. The molecular weight excluding hydrogens is 314 g/mol. The summed E-state index contributed by atoms with van der Waals surface area (Å²) in [6.45, 7) is 0. The van der Waals surface area contributed by atoms with Crippen LogP contribution >= 0.6 is 34.2 Å². The third kappa shape index (κ3) is 1.83. The fourth-order valence-corrected chi connectivity index (χ4v) is 1.80. The van der Waals surface area contributed by atoms with Gasteiger partial charge in [0.15, 0.2) is 5.82 Å². The van der Waals surface area contributed by atoms with Crippen LogP contribution in [0.4, 0.5) is 5.82 Å². The molecule has 0 saturated heterocycles. The maximum absolute atomic E-state index is 5.88. The van der Waals surface area contributed by atoms with Gasteiger partial charge in [0.25, 0.3) is 0 Å². The molecule has 0 amide bonds. The van der Waals surface area contributed by atoms with E-state index in [2.05, 4.69) is 32.9 Å². The largest absolute Gasteiger partial charge is 0.381 e. The van der Waals surface area contributed by atoms with E-state index in [1.807, 2.05) is 18.2 Å². The zero-order chi connectivity index (χ0) is 10.1. The van der Waals surface area contributed by atoms with Gasteiger partial charge in [0.2, 0.25) is 0 Å². The molecule has 0 aliphatic rings. The lowest BCUT2D eigenvalue weighted by molar-refractivity contribution is 0.801. The summed E-state index contributed by atoms with van der Waals surface area (Å²) in [6, 6.07) is 5.56. The Labute approximate surface area is 99.2 Å². The minimum absolute atomic E-state index is 0.390. The van der Waals surface area contributed by atoms with Crippen LogP contribution in [0.3, 0.4) is 0 Å². The van der Waals surface area contributed by atoms with Gasteiger partial charge in [-0.25, -0.2) is 4.68 Å². The average Bonchev–Trinajstić information content (AvgIpc) is 2.56. The molecule has 1 aromatic carbocycles. The lowest BCUT2D eigenvalue weighted by atomic mass is 10.3. The third-order valence-corrected chi connectivity index (χ3v) is 2.81. The quantitative estimate of drug-likeness (QED) is 0.819. The molecule has 2 aromatic rings. The fourth-order valence-electron chi connectivity index (χ4n) is 1.06. The topological polar surface area (TPSA) is 56.7 Å². The van der Waals surface area contributed by atoms with Gasteiger partial charge in [-0.2, -0.15) is 0 Å². The summed E-state index contributed by atoms with van der Waals surface area (Å²) in [5, 5.41) is 8.24. The summed E-state index contributed by atoms with van der Waals surface area (Å²) < 4.78 is 2.64. The Kier molecular flexibility index (Phi) is 2.60. The third-order valence-electron chi connectivity index (χ3n) is 1.67. The molecule has 0 fully saturated rings. The summed E-state index contributed by atoms with van der Waals surface area (Å²) in [5.41, 5.74) is 6.35. The standard InChI is InChI=1S/C8H6ClIN4/c9-5-1-2-6(10)7(3-5)14-4-8(11)12-13-14/h1-4H,11H2. The molecule has 0 saturated carbocycles. The molecule has 72 valence electrons. The molecular formula is C8H6ClIN4. The second kappa shape index (κ2) is 3.74. The number of rotatable bonds is 1. The molecule has 1 heterocycles. The van der Waals surface area contributed by atoms with Crippen LogP contribution in [0.5, 0.6) is 0 Å². The summed E-state index contributed by atoms with van der Waals surface area (Å²) in [7, 11) is 0. The van der Waals surface area contributed by atoms with Gasteiger partial charge in [-0.15, -0.1) is 5.10 Å². The van der Waals surface area contributed by atoms with Gasteiger partial charge in [0.05, 0.1) is 11.9 Å². The van der Waals surface area contributed by atoms with Crippen LogP contribution in [0.25, 0.3) is 5.69 Å². The molecule has 0 bridgehead atoms. The van der Waals surface area contributed by atoms with Crippen molar-refractivity contribution in [1.29, 1.82) is 0 Å². The van der Waals surface area contributed by atoms with Crippen molar-refractivity contribution in [1.82, 2.24) is 15.0 Å². The summed E-state index contributed by atoms with van der Waals surface area (Å²) >= 11 is 8.08. The molecule has 2 rings (SSSR count). The summed E-state index contributed by atoms with van der Waals surface area (Å²) in [5.74, 6) is 0.390. The highest BCUT2D eigenvalue weighted by atomic mass is 127. The Bertz CT molecular complexity index is 468.